The van der Waals surface area contributed by atoms with Gasteiger partial charge in [-0.3, -0.25) is 4.90 Å². The van der Waals surface area contributed by atoms with Crippen molar-refractivity contribution in [2.75, 3.05) is 23.7 Å². The van der Waals surface area contributed by atoms with Gasteiger partial charge in [-0.1, -0.05) is 66.7 Å². The molecule has 1 aromatic heterocycles. The third kappa shape index (κ3) is 4.47. The molecule has 0 unspecified atom stereocenters. The van der Waals surface area contributed by atoms with Gasteiger partial charge in [-0.05, 0) is 61.0 Å². The van der Waals surface area contributed by atoms with Crippen molar-refractivity contribution in [3.63, 3.8) is 0 Å². The van der Waals surface area contributed by atoms with Gasteiger partial charge in [-0.25, -0.2) is 0 Å². The Morgan fingerprint density at radius 3 is 2.29 bits per heavy atom. The molecule has 0 N–H and O–H groups in total. The molecule has 4 rings (SSSR count). The van der Waals surface area contributed by atoms with E-state index in [2.05, 4.69) is 77.9 Å². The summed E-state index contributed by atoms with van der Waals surface area (Å²) >= 11 is 3.91. The van der Waals surface area contributed by atoms with Crippen molar-refractivity contribution in [3.8, 4) is 16.1 Å². The van der Waals surface area contributed by atoms with Crippen LogP contribution in [0.5, 0.6) is 0 Å². The monoisotopic (exact) mass is 474 g/mol. The van der Waals surface area contributed by atoms with Crippen LogP contribution in [0.15, 0.2) is 59.6 Å². The van der Waals surface area contributed by atoms with Crippen molar-refractivity contribution >= 4 is 28.2 Å². The molecule has 148 valence electrons. The van der Waals surface area contributed by atoms with E-state index in [4.69, 9.17) is 0 Å². The Morgan fingerprint density at radius 2 is 1.64 bits per heavy atom. The molecule has 2 nitrogen and oxygen atoms in total. The molecule has 28 heavy (non-hydrogen) atoms. The summed E-state index contributed by atoms with van der Waals surface area (Å²) in [5.41, 5.74) is 3.91. The maximum atomic E-state index is 2.60. The van der Waals surface area contributed by atoms with Crippen LogP contribution in [0.3, 0.4) is 0 Å². The van der Waals surface area contributed by atoms with Crippen LogP contribution in [0.25, 0.3) is 16.1 Å². The molecule has 0 bridgehead atoms. The van der Waals surface area contributed by atoms with Crippen molar-refractivity contribution in [2.45, 2.75) is 38.1 Å². The van der Waals surface area contributed by atoms with E-state index in [1.807, 2.05) is 23.1 Å². The lowest BCUT2D eigenvalue weighted by Crippen LogP contribution is -3.00. The van der Waals surface area contributed by atoms with E-state index < -0.39 is 0 Å². The molecule has 1 aliphatic rings. The fourth-order valence-corrected chi connectivity index (χ4v) is 6.04. The number of benzene rings is 2. The first-order valence-corrected chi connectivity index (χ1v) is 11.7. The molecule has 0 radical (unpaired) electrons. The number of hydrogen-bond acceptors (Lipinski definition) is 3. The van der Waals surface area contributed by atoms with Gasteiger partial charge >= 0.3 is 5.13 Å². The van der Waals surface area contributed by atoms with E-state index in [0.717, 1.165) is 18.8 Å². The third-order valence-electron chi connectivity index (χ3n) is 5.02. The average Bonchev–Trinajstić information content (AvgIpc) is 3.09. The van der Waals surface area contributed by atoms with E-state index in [1.54, 1.807) is 0 Å². The summed E-state index contributed by atoms with van der Waals surface area (Å²) in [7, 11) is 0. The van der Waals surface area contributed by atoms with Crippen LogP contribution < -0.4 is 26.4 Å². The summed E-state index contributed by atoms with van der Waals surface area (Å²) < 4.78 is 2.50. The molecule has 1 aliphatic heterocycles. The molecule has 2 aromatic carbocycles. The highest BCUT2D eigenvalue weighted by Gasteiger charge is 2.31. The minimum atomic E-state index is 0. The van der Waals surface area contributed by atoms with Crippen LogP contribution in [-0.4, -0.2) is 18.8 Å². The summed E-state index contributed by atoms with van der Waals surface area (Å²) in [6, 6.07) is 19.9. The lowest BCUT2D eigenvalue weighted by Gasteiger charge is -2.21. The Balaban J connectivity index is 0.00000225. The van der Waals surface area contributed by atoms with Gasteiger partial charge in [0.1, 0.15) is 5.69 Å². The number of anilines is 1. The van der Waals surface area contributed by atoms with Crippen molar-refractivity contribution in [3.05, 3.63) is 60.2 Å². The van der Waals surface area contributed by atoms with Gasteiger partial charge in [-0.15, -0.1) is 0 Å². The number of nitrogens with zero attached hydrogens (tertiary/aromatic N) is 2. The number of thiazole rings is 1. The fourth-order valence-electron chi connectivity index (χ4n) is 3.62. The summed E-state index contributed by atoms with van der Waals surface area (Å²) in [5, 5.41) is 2.76. The van der Waals surface area contributed by atoms with Crippen LogP contribution in [0, 0.1) is 6.92 Å². The van der Waals surface area contributed by atoms with E-state index in [1.165, 1.54) is 51.1 Å². The smallest absolute Gasteiger partial charge is 0.342 e. The molecular formula is C23H27BrN2S2. The van der Waals surface area contributed by atoms with Crippen LogP contribution in [0.4, 0.5) is 5.13 Å². The number of hydrogen-bond donors (Lipinski definition) is 0. The predicted molar refractivity (Wildman–Crippen MR) is 118 cm³/mol. The molecule has 0 atom stereocenters. The topological polar surface area (TPSA) is 7.12 Å². The van der Waals surface area contributed by atoms with E-state index in [9.17, 15) is 0 Å². The van der Waals surface area contributed by atoms with Gasteiger partial charge in [0.15, 0.2) is 5.03 Å². The SMILES string of the molecule is CCSc1c(-c2ccc(C)cc2)sc(N2CCCCC2)[n+]1-c1ccccc1.[Br-]. The molecule has 1 fully saturated rings. The van der Waals surface area contributed by atoms with Gasteiger partial charge < -0.3 is 17.0 Å². The van der Waals surface area contributed by atoms with Gasteiger partial charge in [0.05, 0.1) is 18.0 Å². The summed E-state index contributed by atoms with van der Waals surface area (Å²) in [4.78, 5) is 3.99. The normalized spacial score (nSPS) is 14.0. The van der Waals surface area contributed by atoms with Crippen molar-refractivity contribution in [1.82, 2.24) is 0 Å². The lowest BCUT2D eigenvalue weighted by molar-refractivity contribution is -0.617. The molecule has 0 spiro atoms. The summed E-state index contributed by atoms with van der Waals surface area (Å²) in [6.45, 7) is 6.73. The molecular weight excluding hydrogens is 448 g/mol. The molecule has 5 heteroatoms. The first kappa shape index (κ1) is 21.4. The molecule has 0 aliphatic carbocycles. The number of para-hydroxylation sites is 1. The second kappa shape index (κ2) is 9.95. The Labute approximate surface area is 187 Å². The number of aryl methyl sites for hydroxylation is 1. The highest BCUT2D eigenvalue weighted by Crippen LogP contribution is 2.40. The second-order valence-electron chi connectivity index (χ2n) is 7.04. The van der Waals surface area contributed by atoms with Crippen molar-refractivity contribution in [1.29, 1.82) is 0 Å². The molecule has 3 aromatic rings. The quantitative estimate of drug-likeness (QED) is 0.414. The van der Waals surface area contributed by atoms with Crippen LogP contribution in [-0.2, 0) is 0 Å². The van der Waals surface area contributed by atoms with Gasteiger partial charge in [-0.2, -0.15) is 4.57 Å². The zero-order valence-electron chi connectivity index (χ0n) is 16.5. The van der Waals surface area contributed by atoms with E-state index >= 15 is 0 Å². The first-order valence-electron chi connectivity index (χ1n) is 9.87. The van der Waals surface area contributed by atoms with Gasteiger partial charge in [0.25, 0.3) is 0 Å². The minimum Gasteiger partial charge on any atom is -1.00 e. The standard InChI is InChI=1S/C23H27N2S2.BrH/c1-3-26-22-21(19-14-12-18(2)13-15-19)27-23(24-16-8-5-9-17-24)25(22)20-10-6-4-7-11-20;/h4,6-7,10-15H,3,5,8-9,16-17H2,1-2H3;1H/q+1;/p-1. The Kier molecular flexibility index (Phi) is 7.61. The maximum Gasteiger partial charge on any atom is 0.342 e. The van der Waals surface area contributed by atoms with Gasteiger partial charge in [0.2, 0.25) is 0 Å². The maximum absolute atomic E-state index is 2.60. The number of aromatic nitrogens is 1. The predicted octanol–water partition coefficient (Wildman–Crippen LogP) is 3.11. The average molecular weight is 476 g/mol. The lowest BCUT2D eigenvalue weighted by atomic mass is 10.1. The Morgan fingerprint density at radius 1 is 0.964 bits per heavy atom. The zero-order chi connectivity index (χ0) is 18.6. The largest absolute Gasteiger partial charge is 1.00 e. The highest BCUT2D eigenvalue weighted by atomic mass is 79.9. The van der Waals surface area contributed by atoms with Crippen LogP contribution in [0.1, 0.15) is 31.7 Å². The molecule has 2 heterocycles. The number of thioether (sulfide) groups is 1. The summed E-state index contributed by atoms with van der Waals surface area (Å²) in [6.07, 6.45) is 3.94. The Hall–Kier alpha value is -1.30. The van der Waals surface area contributed by atoms with E-state index in [0.29, 0.717) is 0 Å². The van der Waals surface area contributed by atoms with Crippen LogP contribution >= 0.6 is 23.1 Å². The minimum absolute atomic E-state index is 0. The van der Waals surface area contributed by atoms with E-state index in [-0.39, 0.29) is 17.0 Å². The first-order chi connectivity index (χ1) is 13.3. The zero-order valence-corrected chi connectivity index (χ0v) is 19.7. The molecule has 0 saturated carbocycles. The summed E-state index contributed by atoms with van der Waals surface area (Å²) in [5.74, 6) is 1.07. The number of rotatable bonds is 5. The molecule has 1 saturated heterocycles. The van der Waals surface area contributed by atoms with Gasteiger partial charge in [0, 0.05) is 0 Å². The number of piperidine rings is 1. The number of halogens is 1. The second-order valence-corrected chi connectivity index (χ2v) is 9.27. The highest BCUT2D eigenvalue weighted by molar-refractivity contribution is 7.99. The molecule has 0 amide bonds. The third-order valence-corrected chi connectivity index (χ3v) is 7.35. The fraction of sp³-hybridized carbons (Fsp3) is 0.348. The van der Waals surface area contributed by atoms with Crippen molar-refractivity contribution in [2.24, 2.45) is 0 Å². The Bertz CT molecular complexity index is 885. The van der Waals surface area contributed by atoms with Crippen molar-refractivity contribution < 1.29 is 21.5 Å². The van der Waals surface area contributed by atoms with Crippen LogP contribution in [0.2, 0.25) is 0 Å².